The molecule has 9 heteroatoms. The average molecular weight is 542 g/mol. The van der Waals surface area contributed by atoms with Gasteiger partial charge in [-0.15, -0.1) is 0 Å². The molecule has 0 aliphatic rings. The highest BCUT2D eigenvalue weighted by molar-refractivity contribution is 5.98. The number of ether oxygens (including phenoxy) is 3. The van der Waals surface area contributed by atoms with E-state index in [0.717, 1.165) is 5.56 Å². The molecule has 0 unspecified atom stereocenters. The van der Waals surface area contributed by atoms with E-state index in [1.165, 1.54) is 31.0 Å². The zero-order valence-electron chi connectivity index (χ0n) is 22.6. The monoisotopic (exact) mass is 541 g/mol. The second-order valence-corrected chi connectivity index (χ2v) is 9.33. The molecule has 2 aromatic heterocycles. The Morgan fingerprint density at radius 1 is 0.900 bits per heavy atom. The quantitative estimate of drug-likeness (QED) is 0.230. The van der Waals surface area contributed by atoms with Crippen molar-refractivity contribution in [2.45, 2.75) is 19.9 Å². The molecule has 0 saturated heterocycles. The minimum Gasteiger partial charge on any atom is -0.493 e. The summed E-state index contributed by atoms with van der Waals surface area (Å²) in [4.78, 5) is 30.7. The molecule has 0 spiro atoms. The highest BCUT2D eigenvalue weighted by Gasteiger charge is 2.22. The molecule has 0 radical (unpaired) electrons. The van der Waals surface area contributed by atoms with E-state index in [0.29, 0.717) is 46.0 Å². The van der Waals surface area contributed by atoms with Crippen molar-refractivity contribution in [1.82, 2.24) is 14.3 Å². The molecule has 0 saturated carbocycles. The smallest absolute Gasteiger partial charge is 0.278 e. The molecule has 0 N–H and O–H groups in total. The topological polar surface area (TPSA) is 84.6 Å². The summed E-state index contributed by atoms with van der Waals surface area (Å²) in [6.07, 6.45) is 1.43. The maximum atomic E-state index is 15.2. The van der Waals surface area contributed by atoms with Gasteiger partial charge in [0.1, 0.15) is 11.3 Å². The fourth-order valence-corrected chi connectivity index (χ4v) is 4.68. The number of nitrogens with zero attached hydrogens (tertiary/aromatic N) is 3. The van der Waals surface area contributed by atoms with Crippen LogP contribution in [0.25, 0.3) is 10.9 Å². The van der Waals surface area contributed by atoms with Crippen molar-refractivity contribution in [3.05, 3.63) is 111 Å². The van der Waals surface area contributed by atoms with Crippen LogP contribution in [0.4, 0.5) is 4.39 Å². The van der Waals surface area contributed by atoms with E-state index in [1.807, 2.05) is 30.3 Å². The van der Waals surface area contributed by atoms with Crippen LogP contribution in [0.15, 0.2) is 77.7 Å². The molecule has 0 fully saturated rings. The molecule has 204 valence electrons. The van der Waals surface area contributed by atoms with Gasteiger partial charge in [-0.25, -0.2) is 9.07 Å². The van der Waals surface area contributed by atoms with Gasteiger partial charge in [0.15, 0.2) is 28.8 Å². The zero-order valence-corrected chi connectivity index (χ0v) is 22.6. The van der Waals surface area contributed by atoms with Gasteiger partial charge in [-0.05, 0) is 42.3 Å². The number of methoxy groups -OCH3 is 2. The zero-order chi connectivity index (χ0) is 28.4. The molecule has 3 aromatic carbocycles. The lowest BCUT2D eigenvalue weighted by molar-refractivity contribution is 0.0991. The van der Waals surface area contributed by atoms with Gasteiger partial charge in [0.2, 0.25) is 0 Å². The van der Waals surface area contributed by atoms with Gasteiger partial charge in [0.25, 0.3) is 5.56 Å². The fraction of sp³-hybridized carbons (Fsp3) is 0.194. The molecule has 0 bridgehead atoms. The van der Waals surface area contributed by atoms with E-state index >= 15 is 4.39 Å². The number of hydrogen-bond acceptors (Lipinski definition) is 6. The standard InChI is InChI=1S/C31H28FN3O5/c1-19-30(31(37)35(34(19)2)18-20-8-6-5-7-9-20)25(36)15-21-10-11-27(23(32)14-21)40-26-12-13-33-24-17-29(39-4)28(38-3)16-22(24)26/h5-14,16-17H,15,18H2,1-4H3. The van der Waals surface area contributed by atoms with E-state index in [1.54, 1.807) is 49.1 Å². The number of fused-ring (bicyclic) bond motifs is 1. The number of pyridine rings is 1. The molecule has 8 nitrogen and oxygen atoms in total. The molecular formula is C31H28FN3O5. The van der Waals surface area contributed by atoms with Crippen LogP contribution < -0.4 is 19.8 Å². The number of rotatable bonds is 9. The Kier molecular flexibility index (Phi) is 7.37. The fourth-order valence-electron chi connectivity index (χ4n) is 4.68. The Balaban J connectivity index is 1.38. The van der Waals surface area contributed by atoms with Crippen LogP contribution in [0.3, 0.4) is 0 Å². The van der Waals surface area contributed by atoms with Gasteiger partial charge in [-0.2, -0.15) is 0 Å². The van der Waals surface area contributed by atoms with Crippen LogP contribution in [0.5, 0.6) is 23.0 Å². The second-order valence-electron chi connectivity index (χ2n) is 9.33. The number of carbonyl (C=O) groups excluding carboxylic acids is 1. The molecule has 0 aliphatic carbocycles. The molecule has 0 atom stereocenters. The summed E-state index contributed by atoms with van der Waals surface area (Å²) >= 11 is 0. The van der Waals surface area contributed by atoms with Crippen molar-refractivity contribution in [3.8, 4) is 23.0 Å². The van der Waals surface area contributed by atoms with Crippen molar-refractivity contribution in [3.63, 3.8) is 0 Å². The maximum absolute atomic E-state index is 15.2. The maximum Gasteiger partial charge on any atom is 0.278 e. The lowest BCUT2D eigenvalue weighted by Gasteiger charge is -2.13. The Bertz CT molecular complexity index is 1780. The molecule has 5 rings (SSSR count). The largest absolute Gasteiger partial charge is 0.493 e. The van der Waals surface area contributed by atoms with Crippen LogP contribution in [0.1, 0.15) is 27.2 Å². The number of carbonyl (C=O) groups is 1. The van der Waals surface area contributed by atoms with Gasteiger partial charge in [-0.3, -0.25) is 19.3 Å². The van der Waals surface area contributed by atoms with Crippen LogP contribution in [-0.2, 0) is 20.0 Å². The van der Waals surface area contributed by atoms with E-state index in [-0.39, 0.29) is 29.1 Å². The summed E-state index contributed by atoms with van der Waals surface area (Å²) in [5.41, 5.74) is 2.26. The van der Waals surface area contributed by atoms with E-state index in [9.17, 15) is 9.59 Å². The van der Waals surface area contributed by atoms with Crippen LogP contribution in [0.2, 0.25) is 0 Å². The summed E-state index contributed by atoms with van der Waals surface area (Å²) in [5.74, 6) is 0.356. The number of hydrogen-bond donors (Lipinski definition) is 0. The number of aromatic nitrogens is 3. The molecule has 5 aromatic rings. The van der Waals surface area contributed by atoms with Crippen LogP contribution in [0, 0.1) is 12.7 Å². The van der Waals surface area contributed by atoms with Crippen molar-refractivity contribution >= 4 is 16.7 Å². The van der Waals surface area contributed by atoms with Gasteiger partial charge in [0.05, 0.1) is 26.3 Å². The van der Waals surface area contributed by atoms with Gasteiger partial charge in [0, 0.05) is 36.8 Å². The minimum absolute atomic E-state index is 0.0143. The minimum atomic E-state index is -0.637. The van der Waals surface area contributed by atoms with Gasteiger partial charge >= 0.3 is 0 Å². The first-order chi connectivity index (χ1) is 19.3. The number of ketones is 1. The summed E-state index contributed by atoms with van der Waals surface area (Å²) in [6.45, 7) is 2.07. The van der Waals surface area contributed by atoms with Gasteiger partial charge in [-0.1, -0.05) is 36.4 Å². The predicted molar refractivity (Wildman–Crippen MR) is 149 cm³/mol. The Morgan fingerprint density at radius 3 is 2.33 bits per heavy atom. The normalized spacial score (nSPS) is 11.0. The summed E-state index contributed by atoms with van der Waals surface area (Å²) < 4.78 is 35.0. The Labute approximate surface area is 230 Å². The second kappa shape index (κ2) is 11.1. The highest BCUT2D eigenvalue weighted by atomic mass is 19.1. The Morgan fingerprint density at radius 2 is 1.62 bits per heavy atom. The van der Waals surface area contributed by atoms with Crippen LogP contribution >= 0.6 is 0 Å². The van der Waals surface area contributed by atoms with Crippen LogP contribution in [-0.4, -0.2) is 34.4 Å². The van der Waals surface area contributed by atoms with E-state index in [4.69, 9.17) is 14.2 Å². The van der Waals surface area contributed by atoms with E-state index in [2.05, 4.69) is 4.98 Å². The summed E-state index contributed by atoms with van der Waals surface area (Å²) in [6, 6.07) is 18.9. The number of benzene rings is 3. The third-order valence-electron chi connectivity index (χ3n) is 6.90. The molecular weight excluding hydrogens is 513 g/mol. The lowest BCUT2D eigenvalue weighted by Crippen LogP contribution is -2.25. The molecule has 40 heavy (non-hydrogen) atoms. The average Bonchev–Trinajstić information content (AvgIpc) is 3.17. The van der Waals surface area contributed by atoms with Gasteiger partial charge < -0.3 is 14.2 Å². The highest BCUT2D eigenvalue weighted by Crippen LogP contribution is 2.37. The first kappa shape index (κ1) is 26.7. The predicted octanol–water partition coefficient (Wildman–Crippen LogP) is 5.47. The molecule has 0 aliphatic heterocycles. The van der Waals surface area contributed by atoms with Crippen molar-refractivity contribution in [2.75, 3.05) is 14.2 Å². The summed E-state index contributed by atoms with van der Waals surface area (Å²) in [7, 11) is 4.80. The van der Waals surface area contributed by atoms with Crippen molar-refractivity contribution in [2.24, 2.45) is 7.05 Å². The SMILES string of the molecule is COc1cc2nccc(Oc3ccc(CC(=O)c4c(C)n(C)n(Cc5ccccc5)c4=O)cc3F)c2cc1OC. The van der Waals surface area contributed by atoms with E-state index < -0.39 is 5.82 Å². The lowest BCUT2D eigenvalue weighted by atomic mass is 10.0. The molecule has 2 heterocycles. The summed E-state index contributed by atoms with van der Waals surface area (Å²) in [5, 5.41) is 0.616. The van der Waals surface area contributed by atoms with Crippen molar-refractivity contribution in [1.29, 1.82) is 0 Å². The third kappa shape index (κ3) is 5.05. The number of Topliss-reactive ketones (excluding diaryl/α,β-unsaturated/α-hetero) is 1. The molecule has 0 amide bonds. The third-order valence-corrected chi connectivity index (χ3v) is 6.90. The van der Waals surface area contributed by atoms with Crippen molar-refractivity contribution < 1.29 is 23.4 Å². The Hall–Kier alpha value is -4.92. The number of halogens is 1. The first-order valence-electron chi connectivity index (χ1n) is 12.6. The first-order valence-corrected chi connectivity index (χ1v) is 12.6.